The second-order valence-corrected chi connectivity index (χ2v) is 4.94. The van der Waals surface area contributed by atoms with Crippen molar-refractivity contribution in [1.82, 2.24) is 14.6 Å². The number of aromatic nitrogens is 3. The summed E-state index contributed by atoms with van der Waals surface area (Å²) in [4.78, 5) is 4.34. The lowest BCUT2D eigenvalue weighted by Gasteiger charge is -2.06. The van der Waals surface area contributed by atoms with Crippen molar-refractivity contribution >= 4 is 22.9 Å². The van der Waals surface area contributed by atoms with Gasteiger partial charge in [-0.3, -0.25) is 0 Å². The highest BCUT2D eigenvalue weighted by atomic mass is 35.5. The lowest BCUT2D eigenvalue weighted by molar-refractivity contribution is 0.160. The Labute approximate surface area is 117 Å². The van der Waals surface area contributed by atoms with E-state index in [0.29, 0.717) is 31.6 Å². The van der Waals surface area contributed by atoms with Gasteiger partial charge in [-0.1, -0.05) is 13.8 Å². The number of nitrogens with zero attached hydrogens (tertiary/aromatic N) is 3. The van der Waals surface area contributed by atoms with Crippen LogP contribution in [0.2, 0.25) is 0 Å². The topological polar surface area (TPSA) is 51.5 Å². The predicted octanol–water partition coefficient (Wildman–Crippen LogP) is 2.52. The molecule has 0 saturated carbocycles. The first-order valence-corrected chi connectivity index (χ1v) is 6.97. The van der Waals surface area contributed by atoms with Crippen LogP contribution in [0.5, 0.6) is 0 Å². The Morgan fingerprint density at radius 1 is 1.42 bits per heavy atom. The molecule has 2 rings (SSSR count). The lowest BCUT2D eigenvalue weighted by Crippen LogP contribution is -2.12. The van der Waals surface area contributed by atoms with E-state index in [9.17, 15) is 0 Å². The lowest BCUT2D eigenvalue weighted by atomic mass is 10.1. The van der Waals surface area contributed by atoms with Crippen LogP contribution in [-0.2, 0) is 4.74 Å². The van der Waals surface area contributed by atoms with Crippen molar-refractivity contribution in [2.75, 3.05) is 31.0 Å². The summed E-state index contributed by atoms with van der Waals surface area (Å²) in [5, 5.41) is 7.78. The fraction of sp³-hybridized carbons (Fsp3) is 0.538. The summed E-state index contributed by atoms with van der Waals surface area (Å²) in [5.74, 6) is 1.75. The van der Waals surface area contributed by atoms with E-state index >= 15 is 0 Å². The summed E-state index contributed by atoms with van der Waals surface area (Å²) in [7, 11) is 0. The molecule has 0 saturated heterocycles. The van der Waals surface area contributed by atoms with Gasteiger partial charge in [-0.25, -0.2) is 9.50 Å². The number of halogens is 1. The third kappa shape index (κ3) is 3.58. The van der Waals surface area contributed by atoms with Crippen LogP contribution in [-0.4, -0.2) is 40.2 Å². The van der Waals surface area contributed by atoms with Gasteiger partial charge < -0.3 is 10.1 Å². The van der Waals surface area contributed by atoms with Crippen molar-refractivity contribution in [2.45, 2.75) is 19.8 Å². The molecule has 5 nitrogen and oxygen atoms in total. The van der Waals surface area contributed by atoms with Gasteiger partial charge in [0.2, 0.25) is 0 Å². The van der Waals surface area contributed by atoms with E-state index in [4.69, 9.17) is 16.3 Å². The molecule has 0 radical (unpaired) electrons. The molecule has 2 aromatic rings. The molecule has 0 aromatic carbocycles. The molecule has 0 amide bonds. The third-order valence-electron chi connectivity index (χ3n) is 2.76. The zero-order valence-corrected chi connectivity index (χ0v) is 12.0. The first-order valence-electron chi connectivity index (χ1n) is 6.44. The first kappa shape index (κ1) is 14.1. The number of rotatable bonds is 7. The van der Waals surface area contributed by atoms with Gasteiger partial charge in [0, 0.05) is 24.8 Å². The fourth-order valence-corrected chi connectivity index (χ4v) is 1.87. The number of nitrogens with one attached hydrogen (secondary N) is 1. The van der Waals surface area contributed by atoms with Crippen LogP contribution >= 0.6 is 11.6 Å². The van der Waals surface area contributed by atoms with Gasteiger partial charge in [0.05, 0.1) is 18.9 Å². The molecular formula is C13H19ClN4O. The second-order valence-electron chi connectivity index (χ2n) is 4.56. The molecule has 0 unspecified atom stereocenters. The van der Waals surface area contributed by atoms with Crippen LogP contribution in [0.15, 0.2) is 18.5 Å². The molecule has 0 atom stereocenters. The Morgan fingerprint density at radius 2 is 2.26 bits per heavy atom. The monoisotopic (exact) mass is 282 g/mol. The molecule has 0 bridgehead atoms. The summed E-state index contributed by atoms with van der Waals surface area (Å²) in [5.41, 5.74) is 2.05. The third-order valence-corrected chi connectivity index (χ3v) is 2.91. The number of ether oxygens (including phenoxy) is 1. The van der Waals surface area contributed by atoms with Gasteiger partial charge in [0.15, 0.2) is 5.82 Å². The Balaban J connectivity index is 2.05. The molecule has 0 fully saturated rings. The van der Waals surface area contributed by atoms with E-state index in [1.807, 2.05) is 10.7 Å². The van der Waals surface area contributed by atoms with E-state index in [1.165, 1.54) is 0 Å². The largest absolute Gasteiger partial charge is 0.378 e. The van der Waals surface area contributed by atoms with E-state index in [0.717, 1.165) is 17.0 Å². The highest BCUT2D eigenvalue weighted by molar-refractivity contribution is 6.17. The zero-order chi connectivity index (χ0) is 13.7. The van der Waals surface area contributed by atoms with E-state index in [-0.39, 0.29) is 0 Å². The highest BCUT2D eigenvalue weighted by Gasteiger charge is 2.09. The number of fused-ring (bicyclic) bond motifs is 1. The molecule has 0 spiro atoms. The quantitative estimate of drug-likeness (QED) is 0.626. The molecule has 1 N–H and O–H groups in total. The summed E-state index contributed by atoms with van der Waals surface area (Å²) < 4.78 is 7.17. The van der Waals surface area contributed by atoms with E-state index in [1.54, 1.807) is 6.20 Å². The molecule has 6 heteroatoms. The van der Waals surface area contributed by atoms with Crippen molar-refractivity contribution in [3.8, 4) is 0 Å². The average molecular weight is 283 g/mol. The summed E-state index contributed by atoms with van der Waals surface area (Å²) >= 11 is 5.54. The minimum absolute atomic E-state index is 0.403. The van der Waals surface area contributed by atoms with Crippen LogP contribution in [0.25, 0.3) is 5.52 Å². The first-order chi connectivity index (χ1) is 9.22. The predicted molar refractivity (Wildman–Crippen MR) is 77.1 cm³/mol. The normalized spacial score (nSPS) is 11.4. The van der Waals surface area contributed by atoms with Gasteiger partial charge in [-0.05, 0) is 12.0 Å². The summed E-state index contributed by atoms with van der Waals surface area (Å²) in [6, 6.07) is 2.07. The maximum atomic E-state index is 5.54. The smallest absolute Gasteiger partial charge is 0.152 e. The SMILES string of the molecule is CC(C)c1cc2c(NCCOCCCl)nccn2n1. The van der Waals surface area contributed by atoms with Crippen LogP contribution in [0, 0.1) is 0 Å². The standard InChI is InChI=1S/C13H19ClN4O/c1-10(2)11-9-12-13(15-4-6-18(12)17-11)16-5-8-19-7-3-14/h4,6,9-10H,3,5,7-8H2,1-2H3,(H,15,16). The van der Waals surface area contributed by atoms with E-state index in [2.05, 4.69) is 35.3 Å². The molecule has 2 heterocycles. The van der Waals surface area contributed by atoms with Gasteiger partial charge in [0.25, 0.3) is 0 Å². The van der Waals surface area contributed by atoms with Crippen molar-refractivity contribution in [3.63, 3.8) is 0 Å². The van der Waals surface area contributed by atoms with Crippen molar-refractivity contribution in [3.05, 3.63) is 24.2 Å². The molecule has 2 aromatic heterocycles. The number of alkyl halides is 1. The zero-order valence-electron chi connectivity index (χ0n) is 11.3. The van der Waals surface area contributed by atoms with Gasteiger partial charge >= 0.3 is 0 Å². The maximum absolute atomic E-state index is 5.54. The molecule has 19 heavy (non-hydrogen) atoms. The van der Waals surface area contributed by atoms with Crippen LogP contribution in [0.1, 0.15) is 25.5 Å². The molecular weight excluding hydrogens is 264 g/mol. The van der Waals surface area contributed by atoms with Crippen LogP contribution in [0.3, 0.4) is 0 Å². The molecule has 104 valence electrons. The summed E-state index contributed by atoms with van der Waals surface area (Å²) in [6.45, 7) is 6.14. The average Bonchev–Trinajstić information content (AvgIpc) is 2.83. The summed E-state index contributed by atoms with van der Waals surface area (Å²) in [6.07, 6.45) is 3.60. The van der Waals surface area contributed by atoms with Gasteiger partial charge in [-0.2, -0.15) is 5.10 Å². The van der Waals surface area contributed by atoms with E-state index < -0.39 is 0 Å². The highest BCUT2D eigenvalue weighted by Crippen LogP contribution is 2.19. The fourth-order valence-electron chi connectivity index (χ4n) is 1.76. The molecule has 0 aliphatic carbocycles. The Hall–Kier alpha value is -1.33. The molecule has 0 aliphatic heterocycles. The van der Waals surface area contributed by atoms with Crippen molar-refractivity contribution in [2.24, 2.45) is 0 Å². The van der Waals surface area contributed by atoms with Crippen LogP contribution in [0.4, 0.5) is 5.82 Å². The van der Waals surface area contributed by atoms with Gasteiger partial charge in [0.1, 0.15) is 5.52 Å². The van der Waals surface area contributed by atoms with Crippen molar-refractivity contribution < 1.29 is 4.74 Å². The Morgan fingerprint density at radius 3 is 3.00 bits per heavy atom. The number of anilines is 1. The Bertz CT molecular complexity index is 526. The Kier molecular flexibility index (Phi) is 4.99. The minimum Gasteiger partial charge on any atom is -0.378 e. The van der Waals surface area contributed by atoms with Gasteiger partial charge in [-0.15, -0.1) is 11.6 Å². The maximum Gasteiger partial charge on any atom is 0.152 e. The number of hydrogen-bond donors (Lipinski definition) is 1. The second kappa shape index (κ2) is 6.73. The van der Waals surface area contributed by atoms with Crippen molar-refractivity contribution in [1.29, 1.82) is 0 Å². The number of hydrogen-bond acceptors (Lipinski definition) is 4. The minimum atomic E-state index is 0.403. The molecule has 0 aliphatic rings. The van der Waals surface area contributed by atoms with Crippen LogP contribution < -0.4 is 5.32 Å².